The van der Waals surface area contributed by atoms with Gasteiger partial charge in [0.2, 0.25) is 0 Å². The van der Waals surface area contributed by atoms with Crippen LogP contribution in [0.4, 0.5) is 0 Å². The fourth-order valence-corrected chi connectivity index (χ4v) is 0.827. The Bertz CT molecular complexity index is 225. The van der Waals surface area contributed by atoms with Gasteiger partial charge in [-0.2, -0.15) is 0 Å². The summed E-state index contributed by atoms with van der Waals surface area (Å²) in [5.74, 6) is 0. The molecule has 0 aliphatic rings. The molecule has 0 spiro atoms. The number of aromatic nitrogens is 1. The van der Waals surface area contributed by atoms with Gasteiger partial charge < -0.3 is 5.02 Å². The smallest absolute Gasteiger partial charge is 0.320 e. The lowest BCUT2D eigenvalue weighted by molar-refractivity contribution is 0.594. The van der Waals surface area contributed by atoms with Crippen LogP contribution in [0.3, 0.4) is 0 Å². The molecule has 0 unspecified atom stereocenters. The molecule has 1 heterocycles. The van der Waals surface area contributed by atoms with E-state index in [0.29, 0.717) is 0 Å². The Hall–Kier alpha value is -0.825. The van der Waals surface area contributed by atoms with Crippen molar-refractivity contribution in [2.75, 3.05) is 0 Å². The van der Waals surface area contributed by atoms with E-state index in [-0.39, 0.29) is 6.92 Å². The average molecular weight is 135 g/mol. The van der Waals surface area contributed by atoms with Crippen molar-refractivity contribution < 1.29 is 5.02 Å². The van der Waals surface area contributed by atoms with Crippen molar-refractivity contribution in [1.29, 1.82) is 0 Å². The molecule has 0 atom stereocenters. The van der Waals surface area contributed by atoms with Crippen molar-refractivity contribution in [2.24, 2.45) is 0 Å². The summed E-state index contributed by atoms with van der Waals surface area (Å²) in [6.07, 6.45) is 1.71. The quantitative estimate of drug-likeness (QED) is 0.558. The predicted molar refractivity (Wildman–Crippen MR) is 42.4 cm³/mol. The molecule has 0 aliphatic heterocycles. The van der Waals surface area contributed by atoms with E-state index in [9.17, 15) is 0 Å². The first-order valence-electron chi connectivity index (χ1n) is 3.31. The number of rotatable bonds is 1. The van der Waals surface area contributed by atoms with Gasteiger partial charge in [-0.05, 0) is 24.5 Å². The topological polar surface area (TPSA) is 33.1 Å². The van der Waals surface area contributed by atoms with E-state index in [4.69, 9.17) is 5.02 Å². The molecule has 0 bridgehead atoms. The molecule has 2 nitrogen and oxygen atoms in total. The molecule has 0 fully saturated rings. The number of hydrogen-bond acceptors (Lipinski definition) is 2. The highest BCUT2D eigenvalue weighted by Crippen LogP contribution is 1.88. The van der Waals surface area contributed by atoms with E-state index < -0.39 is 0 Å². The predicted octanol–water partition coefficient (Wildman–Crippen LogP) is 0.211. The van der Waals surface area contributed by atoms with Crippen LogP contribution in [0.15, 0.2) is 18.3 Å². The Balaban J connectivity index is 2.96. The van der Waals surface area contributed by atoms with Crippen LogP contribution in [0.1, 0.15) is 5.69 Å². The van der Waals surface area contributed by atoms with Gasteiger partial charge in [0.15, 0.2) is 0 Å². The molecule has 1 rings (SSSR count). The molecule has 3 heteroatoms. The van der Waals surface area contributed by atoms with Crippen molar-refractivity contribution in [3.05, 3.63) is 24.0 Å². The zero-order chi connectivity index (χ0) is 7.56. The fraction of sp³-hybridized carbons (Fsp3) is 0.286. The van der Waals surface area contributed by atoms with Gasteiger partial charge in [0.05, 0.1) is 0 Å². The maximum atomic E-state index is 9.12. The third-order valence-electron chi connectivity index (χ3n) is 1.40. The molecule has 10 heavy (non-hydrogen) atoms. The summed E-state index contributed by atoms with van der Waals surface area (Å²) < 4.78 is 0. The van der Waals surface area contributed by atoms with E-state index in [0.717, 1.165) is 11.2 Å². The van der Waals surface area contributed by atoms with Gasteiger partial charge in [-0.3, -0.25) is 4.98 Å². The van der Waals surface area contributed by atoms with Crippen LogP contribution < -0.4 is 5.46 Å². The van der Waals surface area contributed by atoms with Gasteiger partial charge in [-0.1, -0.05) is 6.82 Å². The second-order valence-corrected chi connectivity index (χ2v) is 2.41. The van der Waals surface area contributed by atoms with E-state index in [1.54, 1.807) is 13.0 Å². The third kappa shape index (κ3) is 1.58. The molecule has 0 radical (unpaired) electrons. The maximum absolute atomic E-state index is 9.12. The van der Waals surface area contributed by atoms with Crippen molar-refractivity contribution in [3.8, 4) is 0 Å². The largest absolute Gasteiger partial charge is 0.446 e. The highest BCUT2D eigenvalue weighted by molar-refractivity contribution is 6.64. The number of pyridine rings is 1. The first-order valence-corrected chi connectivity index (χ1v) is 3.31. The standard InChI is InChI=1S/C7H10BNO/c1-6-5-7(8(2)10)3-4-9-6/h3-5,10H,1-2H3. The van der Waals surface area contributed by atoms with Crippen LogP contribution in [0.5, 0.6) is 0 Å². The van der Waals surface area contributed by atoms with Crippen LogP contribution in [0.2, 0.25) is 6.82 Å². The summed E-state index contributed by atoms with van der Waals surface area (Å²) >= 11 is 0. The zero-order valence-corrected chi connectivity index (χ0v) is 6.20. The lowest BCUT2D eigenvalue weighted by Crippen LogP contribution is -2.26. The molecule has 1 aromatic heterocycles. The zero-order valence-electron chi connectivity index (χ0n) is 6.20. The van der Waals surface area contributed by atoms with E-state index >= 15 is 0 Å². The molecule has 52 valence electrons. The van der Waals surface area contributed by atoms with Crippen LogP contribution in [-0.2, 0) is 0 Å². The number of nitrogens with zero attached hydrogens (tertiary/aromatic N) is 1. The van der Waals surface area contributed by atoms with E-state index in [1.165, 1.54) is 0 Å². The minimum atomic E-state index is -0.387. The summed E-state index contributed by atoms with van der Waals surface area (Å²) in [6.45, 7) is 3.27. The first-order chi connectivity index (χ1) is 4.70. The lowest BCUT2D eigenvalue weighted by Gasteiger charge is -1.99. The highest BCUT2D eigenvalue weighted by atomic mass is 16.2. The first kappa shape index (κ1) is 7.28. The summed E-state index contributed by atoms with van der Waals surface area (Å²) in [7, 11) is 0. The van der Waals surface area contributed by atoms with Gasteiger partial charge in [-0.25, -0.2) is 0 Å². The molecule has 0 aliphatic carbocycles. The summed E-state index contributed by atoms with van der Waals surface area (Å²) in [6, 6.07) is 3.70. The van der Waals surface area contributed by atoms with Crippen molar-refractivity contribution in [3.63, 3.8) is 0 Å². The SMILES string of the molecule is CB(O)c1ccnc(C)c1. The second kappa shape index (κ2) is 2.84. The average Bonchev–Trinajstić information content (AvgIpc) is 1.88. The van der Waals surface area contributed by atoms with Crippen molar-refractivity contribution >= 4 is 12.4 Å². The third-order valence-corrected chi connectivity index (χ3v) is 1.40. The molecule has 1 aromatic rings. The number of hydrogen-bond donors (Lipinski definition) is 1. The Kier molecular flexibility index (Phi) is 2.07. The molecule has 0 saturated heterocycles. The van der Waals surface area contributed by atoms with Gasteiger partial charge in [-0.15, -0.1) is 0 Å². The van der Waals surface area contributed by atoms with Gasteiger partial charge in [0, 0.05) is 11.9 Å². The number of aryl methyl sites for hydroxylation is 1. The van der Waals surface area contributed by atoms with E-state index in [1.807, 2.05) is 19.1 Å². The Labute approximate surface area is 61.0 Å². The molecule has 1 N–H and O–H groups in total. The van der Waals surface area contributed by atoms with Crippen LogP contribution in [0.25, 0.3) is 0 Å². The minimum Gasteiger partial charge on any atom is -0.446 e. The second-order valence-electron chi connectivity index (χ2n) is 2.41. The van der Waals surface area contributed by atoms with Crippen LogP contribution in [-0.4, -0.2) is 16.9 Å². The van der Waals surface area contributed by atoms with Crippen molar-refractivity contribution in [1.82, 2.24) is 4.98 Å². The fourth-order valence-electron chi connectivity index (χ4n) is 0.827. The summed E-state index contributed by atoms with van der Waals surface area (Å²) in [5, 5.41) is 9.12. The maximum Gasteiger partial charge on any atom is 0.320 e. The van der Waals surface area contributed by atoms with Crippen molar-refractivity contribution in [2.45, 2.75) is 13.7 Å². The molecular weight excluding hydrogens is 125 g/mol. The monoisotopic (exact) mass is 135 g/mol. The molecule has 0 amide bonds. The Morgan fingerprint density at radius 1 is 1.60 bits per heavy atom. The normalized spacial score (nSPS) is 9.50. The molecule has 0 aromatic carbocycles. The van der Waals surface area contributed by atoms with Crippen LogP contribution >= 0.6 is 0 Å². The summed E-state index contributed by atoms with van der Waals surface area (Å²) in [4.78, 5) is 4.01. The summed E-state index contributed by atoms with van der Waals surface area (Å²) in [5.41, 5.74) is 1.87. The molecule has 0 saturated carbocycles. The molecular formula is C7H10BNO. The van der Waals surface area contributed by atoms with Gasteiger partial charge in [0.25, 0.3) is 0 Å². The Morgan fingerprint density at radius 3 is 2.70 bits per heavy atom. The Morgan fingerprint density at radius 2 is 2.30 bits per heavy atom. The van der Waals surface area contributed by atoms with Gasteiger partial charge >= 0.3 is 6.92 Å². The lowest BCUT2D eigenvalue weighted by atomic mass is 9.64. The van der Waals surface area contributed by atoms with Gasteiger partial charge in [0.1, 0.15) is 0 Å². The highest BCUT2D eigenvalue weighted by Gasteiger charge is 2.04. The minimum absolute atomic E-state index is 0.387. The van der Waals surface area contributed by atoms with Crippen LogP contribution in [0, 0.1) is 6.92 Å². The van der Waals surface area contributed by atoms with E-state index in [2.05, 4.69) is 4.98 Å².